The van der Waals surface area contributed by atoms with E-state index in [0.29, 0.717) is 23.4 Å². The highest BCUT2D eigenvalue weighted by Gasteiger charge is 2.65. The molecule has 0 aromatic carbocycles. The predicted molar refractivity (Wildman–Crippen MR) is 81.9 cm³/mol. The van der Waals surface area contributed by atoms with Gasteiger partial charge in [-0.25, -0.2) is 0 Å². The number of rotatable bonds is 0. The van der Waals surface area contributed by atoms with Crippen molar-refractivity contribution in [2.45, 2.75) is 51.4 Å². The van der Waals surface area contributed by atoms with E-state index in [0.717, 1.165) is 60.2 Å². The zero-order valence-electron chi connectivity index (χ0n) is 13.2. The maximum Gasteiger partial charge on any atom is 0.136 e. The van der Waals surface area contributed by atoms with Crippen molar-refractivity contribution in [1.29, 1.82) is 0 Å². The molecule has 0 heterocycles. The SMILES string of the molecule is O=C1CC[C@H]2[C@@H]3[C@@H](C[C@H]4[C@@H]3C[C@H]3C[C@H]5C(=O)CC[C@H]5[C@H]34)C[C@@H]12. The van der Waals surface area contributed by atoms with E-state index in [-0.39, 0.29) is 0 Å². The first-order valence-corrected chi connectivity index (χ1v) is 9.78. The standard InChI is InChI=1S/C20H26O2/c21-17-3-1-11-13(17)5-9-7-16-15(19(9)11)8-10-6-14-12(20(10)16)2-4-18(14)22/h9-16,19-20H,1-8H2/t9-,10-,11-,12-,13-,14-,15+,16+,19+,20+/m1/s1. The average molecular weight is 298 g/mol. The van der Waals surface area contributed by atoms with Crippen molar-refractivity contribution >= 4 is 11.6 Å². The summed E-state index contributed by atoms with van der Waals surface area (Å²) in [7, 11) is 0. The minimum atomic E-state index is 0.456. The summed E-state index contributed by atoms with van der Waals surface area (Å²) in [6.45, 7) is 0. The lowest BCUT2D eigenvalue weighted by atomic mass is 9.77. The normalized spacial score (nSPS) is 61.3. The molecular weight excluding hydrogens is 272 g/mol. The fourth-order valence-electron chi connectivity index (χ4n) is 8.84. The number of carbonyl (C=O) groups is 2. The van der Waals surface area contributed by atoms with Crippen molar-refractivity contribution in [3.8, 4) is 0 Å². The molecule has 0 spiro atoms. The van der Waals surface area contributed by atoms with Crippen LogP contribution in [0.5, 0.6) is 0 Å². The Hall–Kier alpha value is -0.660. The Morgan fingerprint density at radius 3 is 1.50 bits per heavy atom. The summed E-state index contributed by atoms with van der Waals surface area (Å²) in [6.07, 6.45) is 9.44. The summed E-state index contributed by atoms with van der Waals surface area (Å²) in [6, 6.07) is 0. The van der Waals surface area contributed by atoms with E-state index in [2.05, 4.69) is 0 Å². The lowest BCUT2D eigenvalue weighted by molar-refractivity contribution is -0.122. The second kappa shape index (κ2) is 4.05. The van der Waals surface area contributed by atoms with Gasteiger partial charge in [0.2, 0.25) is 0 Å². The summed E-state index contributed by atoms with van der Waals surface area (Å²) in [5, 5.41) is 0. The predicted octanol–water partition coefficient (Wildman–Crippen LogP) is 3.49. The minimum absolute atomic E-state index is 0.456. The van der Waals surface area contributed by atoms with Gasteiger partial charge in [0.15, 0.2) is 0 Å². The topological polar surface area (TPSA) is 34.1 Å². The summed E-state index contributed by atoms with van der Waals surface area (Å²) in [5.74, 6) is 8.98. The molecule has 0 amide bonds. The number of hydrogen-bond acceptors (Lipinski definition) is 2. The van der Waals surface area contributed by atoms with Crippen molar-refractivity contribution < 1.29 is 9.59 Å². The summed E-state index contributed by atoms with van der Waals surface area (Å²) < 4.78 is 0. The maximum atomic E-state index is 12.1. The van der Waals surface area contributed by atoms with Gasteiger partial charge in [-0.15, -0.1) is 0 Å². The molecule has 6 aliphatic rings. The van der Waals surface area contributed by atoms with E-state index in [1.165, 1.54) is 38.5 Å². The average Bonchev–Trinajstić information content (AvgIpc) is 3.23. The Morgan fingerprint density at radius 2 is 1.05 bits per heavy atom. The fourth-order valence-corrected chi connectivity index (χ4v) is 8.84. The number of carbonyl (C=O) groups excluding carboxylic acids is 2. The quantitative estimate of drug-likeness (QED) is 0.686. The number of fused-ring (bicyclic) bond motifs is 9. The molecule has 0 aliphatic heterocycles. The largest absolute Gasteiger partial charge is 0.299 e. The van der Waals surface area contributed by atoms with Gasteiger partial charge in [-0.1, -0.05) is 0 Å². The van der Waals surface area contributed by atoms with Crippen molar-refractivity contribution in [3.05, 3.63) is 0 Å². The van der Waals surface area contributed by atoms with Crippen LogP contribution < -0.4 is 0 Å². The Morgan fingerprint density at radius 1 is 0.591 bits per heavy atom. The zero-order chi connectivity index (χ0) is 14.6. The van der Waals surface area contributed by atoms with Crippen molar-refractivity contribution in [3.63, 3.8) is 0 Å². The van der Waals surface area contributed by atoms with E-state index in [1.54, 1.807) is 0 Å². The zero-order valence-corrected chi connectivity index (χ0v) is 13.2. The van der Waals surface area contributed by atoms with Crippen LogP contribution in [0.2, 0.25) is 0 Å². The second-order valence-corrected chi connectivity index (χ2v) is 9.50. The Balaban J connectivity index is 1.31. The molecule has 118 valence electrons. The molecule has 6 fully saturated rings. The molecule has 0 aromatic heterocycles. The van der Waals surface area contributed by atoms with Crippen LogP contribution in [0, 0.1) is 59.2 Å². The number of hydrogen-bond donors (Lipinski definition) is 0. The highest BCUT2D eigenvalue weighted by Crippen LogP contribution is 2.70. The van der Waals surface area contributed by atoms with Crippen LogP contribution in [0.3, 0.4) is 0 Å². The van der Waals surface area contributed by atoms with Gasteiger partial charge in [-0.3, -0.25) is 9.59 Å². The van der Waals surface area contributed by atoms with Crippen molar-refractivity contribution in [2.75, 3.05) is 0 Å². The highest BCUT2D eigenvalue weighted by molar-refractivity contribution is 5.84. The summed E-state index contributed by atoms with van der Waals surface area (Å²) in [5.41, 5.74) is 0. The van der Waals surface area contributed by atoms with Crippen molar-refractivity contribution in [2.24, 2.45) is 59.2 Å². The molecule has 0 radical (unpaired) electrons. The maximum absolute atomic E-state index is 12.1. The molecule has 6 saturated carbocycles. The molecule has 0 N–H and O–H groups in total. The first-order valence-electron chi connectivity index (χ1n) is 9.78. The van der Waals surface area contributed by atoms with Crippen molar-refractivity contribution in [1.82, 2.24) is 0 Å². The van der Waals surface area contributed by atoms with Gasteiger partial charge in [0.1, 0.15) is 11.6 Å². The van der Waals surface area contributed by atoms with E-state index < -0.39 is 0 Å². The van der Waals surface area contributed by atoms with Crippen LogP contribution >= 0.6 is 0 Å². The third kappa shape index (κ3) is 1.35. The molecule has 2 heteroatoms. The first kappa shape index (κ1) is 12.7. The molecule has 2 nitrogen and oxygen atoms in total. The molecule has 6 rings (SSSR count). The third-order valence-electron chi connectivity index (χ3n) is 9.19. The minimum Gasteiger partial charge on any atom is -0.299 e. The molecule has 10 atom stereocenters. The molecule has 0 unspecified atom stereocenters. The molecule has 0 saturated heterocycles. The molecule has 22 heavy (non-hydrogen) atoms. The first-order chi connectivity index (χ1) is 10.7. The van der Waals surface area contributed by atoms with Crippen LogP contribution in [-0.2, 0) is 9.59 Å². The van der Waals surface area contributed by atoms with Crippen LogP contribution in [0.25, 0.3) is 0 Å². The van der Waals surface area contributed by atoms with Gasteiger partial charge in [-0.2, -0.15) is 0 Å². The van der Waals surface area contributed by atoms with Gasteiger partial charge in [-0.05, 0) is 85.9 Å². The molecule has 0 aromatic rings. The second-order valence-electron chi connectivity index (χ2n) is 9.50. The van der Waals surface area contributed by atoms with Crippen LogP contribution in [-0.4, -0.2) is 11.6 Å². The van der Waals surface area contributed by atoms with Gasteiger partial charge in [0, 0.05) is 24.7 Å². The van der Waals surface area contributed by atoms with Crippen LogP contribution in [0.1, 0.15) is 51.4 Å². The number of Topliss-reactive ketones (excluding diaryl/α,β-unsaturated/α-hetero) is 2. The third-order valence-corrected chi connectivity index (χ3v) is 9.19. The molecular formula is C20H26O2. The lowest BCUT2D eigenvalue weighted by Crippen LogP contribution is -2.24. The smallest absolute Gasteiger partial charge is 0.136 e. The monoisotopic (exact) mass is 298 g/mol. The van der Waals surface area contributed by atoms with Crippen LogP contribution in [0.15, 0.2) is 0 Å². The molecule has 6 aliphatic carbocycles. The van der Waals surface area contributed by atoms with E-state index >= 15 is 0 Å². The molecule has 0 bridgehead atoms. The Kier molecular flexibility index (Phi) is 2.34. The van der Waals surface area contributed by atoms with Gasteiger partial charge in [0.05, 0.1) is 0 Å². The van der Waals surface area contributed by atoms with Gasteiger partial charge >= 0.3 is 0 Å². The number of ketones is 2. The lowest BCUT2D eigenvalue weighted by Gasteiger charge is -2.27. The van der Waals surface area contributed by atoms with E-state index in [4.69, 9.17) is 0 Å². The Bertz CT molecular complexity index is 516. The highest BCUT2D eigenvalue weighted by atomic mass is 16.1. The van der Waals surface area contributed by atoms with Crippen LogP contribution in [0.4, 0.5) is 0 Å². The summed E-state index contributed by atoms with van der Waals surface area (Å²) in [4.78, 5) is 24.2. The van der Waals surface area contributed by atoms with Gasteiger partial charge in [0.25, 0.3) is 0 Å². The summed E-state index contributed by atoms with van der Waals surface area (Å²) >= 11 is 0. The fraction of sp³-hybridized carbons (Fsp3) is 0.900. The van der Waals surface area contributed by atoms with Gasteiger partial charge < -0.3 is 0 Å². The Labute approximate surface area is 132 Å². The van der Waals surface area contributed by atoms with E-state index in [9.17, 15) is 9.59 Å². The van der Waals surface area contributed by atoms with E-state index in [1.807, 2.05) is 0 Å².